The summed E-state index contributed by atoms with van der Waals surface area (Å²) in [5, 5.41) is 16.6. The number of carbonyl (C=O) groups excluding carboxylic acids is 4. The van der Waals surface area contributed by atoms with Crippen LogP contribution in [-0.4, -0.2) is 64.6 Å². The molecule has 0 bridgehead atoms. The van der Waals surface area contributed by atoms with Gasteiger partial charge in [0, 0.05) is 5.75 Å². The Kier molecular flexibility index (Phi) is 12.8. The van der Waals surface area contributed by atoms with Crippen LogP contribution in [0.3, 0.4) is 0 Å². The van der Waals surface area contributed by atoms with Crippen LogP contribution < -0.4 is 27.4 Å². The summed E-state index contributed by atoms with van der Waals surface area (Å²) in [6.45, 7) is 7.25. The van der Waals surface area contributed by atoms with Gasteiger partial charge in [0.15, 0.2) is 0 Å². The number of hydrogen-bond acceptors (Lipinski definition) is 7. The molecule has 0 aliphatic carbocycles. The molecule has 12 heteroatoms. The first-order chi connectivity index (χ1) is 14.3. The Labute approximate surface area is 187 Å². The molecule has 11 nitrogen and oxygen atoms in total. The molecule has 0 aliphatic rings. The van der Waals surface area contributed by atoms with Crippen LogP contribution in [0.1, 0.15) is 47.0 Å². The lowest BCUT2D eigenvalue weighted by Gasteiger charge is -2.28. The molecule has 0 radical (unpaired) electrons. The Morgan fingerprint density at radius 1 is 0.935 bits per heavy atom. The number of amides is 4. The molecule has 31 heavy (non-hydrogen) atoms. The molecule has 0 aromatic rings. The zero-order chi connectivity index (χ0) is 24.3. The molecular weight excluding hydrogens is 426 g/mol. The van der Waals surface area contributed by atoms with Crippen LogP contribution in [0.5, 0.6) is 0 Å². The van der Waals surface area contributed by atoms with Crippen molar-refractivity contribution in [3.8, 4) is 0 Å². The lowest BCUT2D eigenvalue weighted by atomic mass is 9.96. The summed E-state index contributed by atoms with van der Waals surface area (Å²) in [5.74, 6) is -4.41. The molecule has 0 aromatic carbocycles. The number of carboxylic acids is 1. The van der Waals surface area contributed by atoms with Crippen LogP contribution in [0.4, 0.5) is 0 Å². The van der Waals surface area contributed by atoms with E-state index in [1.54, 1.807) is 6.92 Å². The number of nitrogens with two attached hydrogens (primary N) is 2. The number of rotatable bonds is 14. The summed E-state index contributed by atoms with van der Waals surface area (Å²) in [4.78, 5) is 60.0. The Morgan fingerprint density at radius 2 is 1.48 bits per heavy atom. The molecule has 5 unspecified atom stereocenters. The number of nitrogens with one attached hydrogen (secondary N) is 3. The molecule has 0 rings (SSSR count). The highest BCUT2D eigenvalue weighted by Crippen LogP contribution is 2.11. The highest BCUT2D eigenvalue weighted by atomic mass is 32.1. The minimum absolute atomic E-state index is 0.0101. The molecule has 0 saturated carbocycles. The van der Waals surface area contributed by atoms with Crippen molar-refractivity contribution in [2.24, 2.45) is 23.3 Å². The van der Waals surface area contributed by atoms with Gasteiger partial charge in [-0.3, -0.25) is 19.2 Å². The molecule has 0 aliphatic heterocycles. The maximum atomic E-state index is 12.9. The summed E-state index contributed by atoms with van der Waals surface area (Å²) in [6, 6.07) is -4.45. The predicted molar refractivity (Wildman–Crippen MR) is 118 cm³/mol. The van der Waals surface area contributed by atoms with Crippen molar-refractivity contribution < 1.29 is 29.1 Å². The summed E-state index contributed by atoms with van der Waals surface area (Å²) < 4.78 is 0. The molecule has 5 atom stereocenters. The van der Waals surface area contributed by atoms with Gasteiger partial charge < -0.3 is 32.5 Å². The van der Waals surface area contributed by atoms with E-state index < -0.39 is 53.8 Å². The second-order valence-electron chi connectivity index (χ2n) is 7.92. The maximum absolute atomic E-state index is 12.9. The summed E-state index contributed by atoms with van der Waals surface area (Å²) >= 11 is 3.92. The fraction of sp³-hybridized carbons (Fsp3) is 0.737. The van der Waals surface area contributed by atoms with Gasteiger partial charge in [-0.1, -0.05) is 34.1 Å². The first-order valence-electron chi connectivity index (χ1n) is 10.1. The van der Waals surface area contributed by atoms with Gasteiger partial charge in [0.05, 0.1) is 12.5 Å². The van der Waals surface area contributed by atoms with Gasteiger partial charge in [0.25, 0.3) is 0 Å². The highest BCUT2D eigenvalue weighted by molar-refractivity contribution is 7.80. The lowest BCUT2D eigenvalue weighted by molar-refractivity contribution is -0.141. The van der Waals surface area contributed by atoms with E-state index in [9.17, 15) is 24.0 Å². The summed E-state index contributed by atoms with van der Waals surface area (Å²) in [7, 11) is 0. The second kappa shape index (κ2) is 13.9. The standard InChI is InChI=1S/C19H35N5O6S/c1-5-10(4)15(24-16(26)11(20)7-14(21)25)18(28)22-12(6-9(2)3)17(27)23-13(8-31)19(29)30/h9-13,15,31H,5-8,20H2,1-4H3,(H2,21,25)(H,22,28)(H,23,27)(H,24,26)(H,29,30). The van der Waals surface area contributed by atoms with Gasteiger partial charge in [-0.15, -0.1) is 0 Å². The van der Waals surface area contributed by atoms with E-state index in [1.165, 1.54) is 0 Å². The third-order valence-corrected chi connectivity index (χ3v) is 5.05. The monoisotopic (exact) mass is 461 g/mol. The van der Waals surface area contributed by atoms with Gasteiger partial charge in [0.1, 0.15) is 18.1 Å². The first kappa shape index (κ1) is 28.7. The van der Waals surface area contributed by atoms with Crippen molar-refractivity contribution in [1.82, 2.24) is 16.0 Å². The van der Waals surface area contributed by atoms with E-state index in [1.807, 2.05) is 20.8 Å². The Bertz CT molecular complexity index is 660. The van der Waals surface area contributed by atoms with E-state index >= 15 is 0 Å². The summed E-state index contributed by atoms with van der Waals surface area (Å²) in [5.41, 5.74) is 10.7. The van der Waals surface area contributed by atoms with Crippen molar-refractivity contribution in [2.75, 3.05) is 5.75 Å². The number of primary amides is 1. The van der Waals surface area contributed by atoms with Crippen molar-refractivity contribution in [3.63, 3.8) is 0 Å². The van der Waals surface area contributed by atoms with Gasteiger partial charge in [-0.05, 0) is 18.3 Å². The minimum atomic E-state index is -1.24. The van der Waals surface area contributed by atoms with Crippen LogP contribution in [0.15, 0.2) is 0 Å². The average molecular weight is 462 g/mol. The molecule has 0 spiro atoms. The molecule has 4 amide bonds. The maximum Gasteiger partial charge on any atom is 0.327 e. The molecule has 0 heterocycles. The van der Waals surface area contributed by atoms with Crippen molar-refractivity contribution in [2.45, 2.75) is 71.1 Å². The van der Waals surface area contributed by atoms with E-state index in [0.29, 0.717) is 6.42 Å². The average Bonchev–Trinajstić information content (AvgIpc) is 2.67. The third-order valence-electron chi connectivity index (χ3n) is 4.69. The van der Waals surface area contributed by atoms with E-state index in [2.05, 4.69) is 28.6 Å². The molecular formula is C19H35N5O6S. The Hall–Kier alpha value is -2.34. The first-order valence-corrected chi connectivity index (χ1v) is 10.8. The van der Waals surface area contributed by atoms with Crippen LogP contribution in [0.2, 0.25) is 0 Å². The Balaban J connectivity index is 5.48. The van der Waals surface area contributed by atoms with Crippen LogP contribution >= 0.6 is 12.6 Å². The number of carboxylic acid groups (broad SMARTS) is 1. The van der Waals surface area contributed by atoms with E-state index in [-0.39, 0.29) is 30.4 Å². The number of carbonyl (C=O) groups is 5. The lowest BCUT2D eigenvalue weighted by Crippen LogP contribution is -2.59. The molecule has 0 fully saturated rings. The van der Waals surface area contributed by atoms with Crippen LogP contribution in [-0.2, 0) is 24.0 Å². The smallest absolute Gasteiger partial charge is 0.327 e. The SMILES string of the molecule is CCC(C)C(NC(=O)C(N)CC(N)=O)C(=O)NC(CC(C)C)C(=O)NC(CS)C(=O)O. The largest absolute Gasteiger partial charge is 0.480 e. The van der Waals surface area contributed by atoms with Crippen molar-refractivity contribution >= 4 is 42.2 Å². The van der Waals surface area contributed by atoms with Crippen LogP contribution in [0.25, 0.3) is 0 Å². The predicted octanol–water partition coefficient (Wildman–Crippen LogP) is -1.25. The van der Waals surface area contributed by atoms with Gasteiger partial charge >= 0.3 is 5.97 Å². The van der Waals surface area contributed by atoms with Gasteiger partial charge in [-0.25, -0.2) is 4.79 Å². The molecule has 0 aromatic heterocycles. The number of hydrogen-bond donors (Lipinski definition) is 7. The van der Waals surface area contributed by atoms with Crippen molar-refractivity contribution in [1.29, 1.82) is 0 Å². The van der Waals surface area contributed by atoms with Crippen molar-refractivity contribution in [3.05, 3.63) is 0 Å². The molecule has 178 valence electrons. The van der Waals surface area contributed by atoms with E-state index in [0.717, 1.165) is 0 Å². The summed E-state index contributed by atoms with van der Waals surface area (Å²) in [6.07, 6.45) is 0.406. The normalized spacial score (nSPS) is 15.8. The molecule has 8 N–H and O–H groups in total. The fourth-order valence-electron chi connectivity index (χ4n) is 2.69. The fourth-order valence-corrected chi connectivity index (χ4v) is 2.94. The second-order valence-corrected chi connectivity index (χ2v) is 8.29. The van der Waals surface area contributed by atoms with E-state index in [4.69, 9.17) is 16.6 Å². The zero-order valence-corrected chi connectivity index (χ0v) is 19.3. The topological polar surface area (TPSA) is 194 Å². The third kappa shape index (κ3) is 10.5. The van der Waals surface area contributed by atoms with Gasteiger partial charge in [-0.2, -0.15) is 12.6 Å². The quantitative estimate of drug-likeness (QED) is 0.157. The Morgan fingerprint density at radius 3 is 1.90 bits per heavy atom. The van der Waals surface area contributed by atoms with Gasteiger partial charge in [0.2, 0.25) is 23.6 Å². The number of thiol groups is 1. The minimum Gasteiger partial charge on any atom is -0.480 e. The number of aliphatic carboxylic acids is 1. The molecule has 0 saturated heterocycles. The highest BCUT2D eigenvalue weighted by Gasteiger charge is 2.32. The van der Waals surface area contributed by atoms with Crippen LogP contribution in [0, 0.1) is 11.8 Å². The zero-order valence-electron chi connectivity index (χ0n) is 18.4.